The number of likely N-dealkylation sites (tertiary alicyclic amines) is 2. The zero-order valence-corrected chi connectivity index (χ0v) is 18.3. The summed E-state index contributed by atoms with van der Waals surface area (Å²) in [6.45, 7) is 3.75. The molecule has 1 unspecified atom stereocenters. The molecule has 6 heteroatoms. The van der Waals surface area contributed by atoms with Gasteiger partial charge in [0.25, 0.3) is 0 Å². The summed E-state index contributed by atoms with van der Waals surface area (Å²) < 4.78 is 5.65. The van der Waals surface area contributed by atoms with Crippen molar-refractivity contribution in [2.45, 2.75) is 57.4 Å². The lowest BCUT2D eigenvalue weighted by Gasteiger charge is -2.51. The van der Waals surface area contributed by atoms with Gasteiger partial charge in [-0.1, -0.05) is 18.2 Å². The number of ether oxygens (including phenoxy) is 1. The number of hydrogen-bond acceptors (Lipinski definition) is 3. The van der Waals surface area contributed by atoms with Crippen LogP contribution in [0.25, 0.3) is 10.9 Å². The number of piperidine rings is 1. The molecular formula is C25H33N3O3. The van der Waals surface area contributed by atoms with Gasteiger partial charge in [0.1, 0.15) is 6.04 Å². The van der Waals surface area contributed by atoms with Gasteiger partial charge in [0.2, 0.25) is 11.8 Å². The molecule has 1 spiro atoms. The largest absolute Gasteiger partial charge is 0.381 e. The predicted octanol–water partition coefficient (Wildman–Crippen LogP) is 3.51. The van der Waals surface area contributed by atoms with Gasteiger partial charge >= 0.3 is 0 Å². The quantitative estimate of drug-likeness (QED) is 0.818. The summed E-state index contributed by atoms with van der Waals surface area (Å²) in [6.07, 6.45) is 9.05. The number of carbonyl (C=O) groups is 2. The summed E-state index contributed by atoms with van der Waals surface area (Å²) in [4.78, 5) is 34.4. The summed E-state index contributed by atoms with van der Waals surface area (Å²) in [5, 5.41) is 1.18. The molecule has 166 valence electrons. The summed E-state index contributed by atoms with van der Waals surface area (Å²) >= 11 is 0. The van der Waals surface area contributed by atoms with Crippen molar-refractivity contribution in [3.63, 3.8) is 0 Å². The zero-order valence-electron chi connectivity index (χ0n) is 18.3. The van der Waals surface area contributed by atoms with Crippen molar-refractivity contribution in [1.29, 1.82) is 0 Å². The number of nitrogens with one attached hydrogen (secondary N) is 1. The maximum atomic E-state index is 13.7. The average molecular weight is 424 g/mol. The van der Waals surface area contributed by atoms with Crippen molar-refractivity contribution in [3.05, 3.63) is 36.0 Å². The van der Waals surface area contributed by atoms with Crippen molar-refractivity contribution in [2.24, 2.45) is 5.41 Å². The fraction of sp³-hybridized carbons (Fsp3) is 0.600. The summed E-state index contributed by atoms with van der Waals surface area (Å²) in [7, 11) is 0. The highest BCUT2D eigenvalue weighted by molar-refractivity contribution is 5.89. The minimum absolute atomic E-state index is 0.118. The Morgan fingerprint density at radius 2 is 1.81 bits per heavy atom. The molecule has 3 fully saturated rings. The molecule has 3 saturated heterocycles. The standard InChI is InChI=1S/C25H33N3O3/c29-22(9-8-19-18-26-21-7-2-1-6-20(19)21)28-15-5-10-25(11-16-31-17-12-25)23(28)24(30)27-13-3-4-14-27/h1-2,6-7,18,23,26H,3-5,8-17H2. The topological polar surface area (TPSA) is 65.6 Å². The monoisotopic (exact) mass is 423 g/mol. The Labute approximate surface area is 183 Å². The molecule has 0 radical (unpaired) electrons. The third-order valence-corrected chi connectivity index (χ3v) is 7.71. The molecule has 31 heavy (non-hydrogen) atoms. The molecule has 6 nitrogen and oxygen atoms in total. The van der Waals surface area contributed by atoms with E-state index in [1.54, 1.807) is 0 Å². The Morgan fingerprint density at radius 3 is 2.61 bits per heavy atom. The van der Waals surface area contributed by atoms with Crippen LogP contribution in [0.5, 0.6) is 0 Å². The predicted molar refractivity (Wildman–Crippen MR) is 120 cm³/mol. The van der Waals surface area contributed by atoms with E-state index in [-0.39, 0.29) is 23.3 Å². The van der Waals surface area contributed by atoms with Crippen LogP contribution in [0.3, 0.4) is 0 Å². The Morgan fingerprint density at radius 1 is 1.03 bits per heavy atom. The molecule has 5 rings (SSSR count). The van der Waals surface area contributed by atoms with E-state index in [4.69, 9.17) is 4.74 Å². The van der Waals surface area contributed by atoms with Crippen LogP contribution in [0.1, 0.15) is 50.5 Å². The number of benzene rings is 1. The van der Waals surface area contributed by atoms with Crippen molar-refractivity contribution in [2.75, 3.05) is 32.8 Å². The first-order valence-corrected chi connectivity index (χ1v) is 11.9. The first-order valence-electron chi connectivity index (χ1n) is 11.9. The fourth-order valence-corrected chi connectivity index (χ4v) is 6.00. The number of H-pyrrole nitrogens is 1. The van der Waals surface area contributed by atoms with Crippen molar-refractivity contribution >= 4 is 22.7 Å². The zero-order chi connectivity index (χ0) is 21.3. The molecule has 3 aliphatic rings. The van der Waals surface area contributed by atoms with Crippen molar-refractivity contribution in [1.82, 2.24) is 14.8 Å². The lowest BCUT2D eigenvalue weighted by Crippen LogP contribution is -2.62. The maximum absolute atomic E-state index is 13.7. The molecule has 2 amide bonds. The van der Waals surface area contributed by atoms with E-state index in [0.29, 0.717) is 32.6 Å². The number of nitrogens with zero attached hydrogens (tertiary/aromatic N) is 2. The van der Waals surface area contributed by atoms with Crippen molar-refractivity contribution < 1.29 is 14.3 Å². The molecule has 0 aliphatic carbocycles. The van der Waals surface area contributed by atoms with Crippen LogP contribution in [0.4, 0.5) is 0 Å². The number of para-hydroxylation sites is 1. The minimum atomic E-state index is -0.321. The number of aromatic nitrogens is 1. The van der Waals surface area contributed by atoms with E-state index in [1.807, 2.05) is 28.1 Å². The molecular weight excluding hydrogens is 390 g/mol. The number of carbonyl (C=O) groups excluding carboxylic acids is 2. The van der Waals surface area contributed by atoms with Crippen LogP contribution in [-0.2, 0) is 20.7 Å². The molecule has 3 aliphatic heterocycles. The summed E-state index contributed by atoms with van der Waals surface area (Å²) in [5.41, 5.74) is 2.16. The second kappa shape index (κ2) is 8.65. The van der Waals surface area contributed by atoms with E-state index < -0.39 is 0 Å². The second-order valence-corrected chi connectivity index (χ2v) is 9.46. The maximum Gasteiger partial charge on any atom is 0.245 e. The highest BCUT2D eigenvalue weighted by Gasteiger charge is 2.51. The van der Waals surface area contributed by atoms with Gasteiger partial charge in [0.05, 0.1) is 0 Å². The van der Waals surface area contributed by atoms with Gasteiger partial charge < -0.3 is 19.5 Å². The Balaban J connectivity index is 1.37. The third kappa shape index (κ3) is 3.86. The van der Waals surface area contributed by atoms with Crippen LogP contribution in [0.2, 0.25) is 0 Å². The van der Waals surface area contributed by atoms with Gasteiger partial charge in [-0.25, -0.2) is 0 Å². The Hall–Kier alpha value is -2.34. The lowest BCUT2D eigenvalue weighted by molar-refractivity contribution is -0.160. The van der Waals surface area contributed by atoms with E-state index in [2.05, 4.69) is 17.1 Å². The first kappa shape index (κ1) is 20.6. The molecule has 2 aromatic rings. The molecule has 4 heterocycles. The number of fused-ring (bicyclic) bond motifs is 1. The molecule has 0 saturated carbocycles. The fourth-order valence-electron chi connectivity index (χ4n) is 6.00. The van der Waals surface area contributed by atoms with Gasteiger partial charge in [-0.05, 0) is 56.6 Å². The number of aromatic amines is 1. The summed E-state index contributed by atoms with van der Waals surface area (Å²) in [6, 6.07) is 7.89. The van der Waals surface area contributed by atoms with Crippen LogP contribution >= 0.6 is 0 Å². The number of rotatable bonds is 4. The smallest absolute Gasteiger partial charge is 0.245 e. The van der Waals surface area contributed by atoms with Crippen LogP contribution in [-0.4, -0.2) is 65.5 Å². The number of amides is 2. The number of hydrogen-bond donors (Lipinski definition) is 1. The van der Waals surface area contributed by atoms with Crippen LogP contribution < -0.4 is 0 Å². The highest BCUT2D eigenvalue weighted by atomic mass is 16.5. The normalized spacial score (nSPS) is 23.5. The van der Waals surface area contributed by atoms with Crippen LogP contribution in [0, 0.1) is 5.41 Å². The molecule has 1 aromatic carbocycles. The molecule has 1 N–H and O–H groups in total. The molecule has 0 bridgehead atoms. The van der Waals surface area contributed by atoms with Crippen molar-refractivity contribution in [3.8, 4) is 0 Å². The lowest BCUT2D eigenvalue weighted by atomic mass is 9.67. The minimum Gasteiger partial charge on any atom is -0.381 e. The van der Waals surface area contributed by atoms with Gasteiger partial charge in [-0.3, -0.25) is 9.59 Å². The first-order chi connectivity index (χ1) is 15.2. The highest BCUT2D eigenvalue weighted by Crippen LogP contribution is 2.45. The summed E-state index contributed by atoms with van der Waals surface area (Å²) in [5.74, 6) is 0.299. The van der Waals surface area contributed by atoms with Gasteiger partial charge in [-0.15, -0.1) is 0 Å². The van der Waals surface area contributed by atoms with Gasteiger partial charge in [0.15, 0.2) is 0 Å². The Kier molecular flexibility index (Phi) is 5.74. The SMILES string of the molecule is O=C(C1N(C(=O)CCc2c[nH]c3ccccc23)CCCC12CCOCC2)N1CCCC1. The Bertz CT molecular complexity index is 935. The van der Waals surface area contributed by atoms with Gasteiger partial charge in [-0.2, -0.15) is 0 Å². The third-order valence-electron chi connectivity index (χ3n) is 7.71. The van der Waals surface area contributed by atoms with E-state index in [0.717, 1.165) is 57.1 Å². The van der Waals surface area contributed by atoms with Crippen LogP contribution in [0.15, 0.2) is 30.5 Å². The van der Waals surface area contributed by atoms with Gasteiger partial charge in [0, 0.05) is 61.8 Å². The van der Waals surface area contributed by atoms with E-state index in [1.165, 1.54) is 10.9 Å². The molecule has 1 atom stereocenters. The molecule has 1 aromatic heterocycles. The average Bonchev–Trinajstić information content (AvgIpc) is 3.48. The number of aryl methyl sites for hydroxylation is 1. The van der Waals surface area contributed by atoms with E-state index >= 15 is 0 Å². The van der Waals surface area contributed by atoms with E-state index in [9.17, 15) is 9.59 Å². The second-order valence-electron chi connectivity index (χ2n) is 9.46.